The maximum absolute atomic E-state index is 13.3. The molecule has 0 bridgehead atoms. The predicted octanol–water partition coefficient (Wildman–Crippen LogP) is 5.35. The van der Waals surface area contributed by atoms with Crippen LogP contribution in [0.25, 0.3) is 27.7 Å². The summed E-state index contributed by atoms with van der Waals surface area (Å²) in [4.78, 5) is 33.7. The summed E-state index contributed by atoms with van der Waals surface area (Å²) in [6.07, 6.45) is 7.04. The average molecular weight is 578 g/mol. The molecule has 1 saturated heterocycles. The summed E-state index contributed by atoms with van der Waals surface area (Å²) in [5.41, 5.74) is 4.58. The summed E-state index contributed by atoms with van der Waals surface area (Å²) in [5, 5.41) is 12.6. The molecular weight excluding hydrogens is 542 g/mol. The molecule has 3 aromatic heterocycles. The Hall–Kier alpha value is -4.74. The number of hydrogen-bond donors (Lipinski definition) is 2. The highest BCUT2D eigenvalue weighted by atomic mass is 16.5. The zero-order valence-corrected chi connectivity index (χ0v) is 24.8. The van der Waals surface area contributed by atoms with Crippen LogP contribution < -0.4 is 10.6 Å². The average Bonchev–Trinajstić information content (AvgIpc) is 3.43. The second-order valence-electron chi connectivity index (χ2n) is 11.6. The number of nitrogens with zero attached hydrogens (tertiary/aromatic N) is 7. The van der Waals surface area contributed by atoms with Crippen molar-refractivity contribution in [2.24, 2.45) is 0 Å². The van der Waals surface area contributed by atoms with E-state index in [1.54, 1.807) is 17.1 Å². The maximum atomic E-state index is 13.3. The van der Waals surface area contributed by atoms with Gasteiger partial charge in [0.05, 0.1) is 60.8 Å². The van der Waals surface area contributed by atoms with Crippen molar-refractivity contribution >= 4 is 28.3 Å². The number of benzene rings is 2. The van der Waals surface area contributed by atoms with Gasteiger partial charge in [-0.15, -0.1) is 0 Å². The molecule has 2 amide bonds. The summed E-state index contributed by atoms with van der Waals surface area (Å²) in [7, 11) is 0. The van der Waals surface area contributed by atoms with Crippen molar-refractivity contribution in [3.63, 3.8) is 0 Å². The van der Waals surface area contributed by atoms with E-state index in [0.29, 0.717) is 23.0 Å². The van der Waals surface area contributed by atoms with Crippen molar-refractivity contribution in [1.82, 2.24) is 34.6 Å². The molecule has 0 spiro atoms. The number of ether oxygens (including phenoxy) is 1. The zero-order chi connectivity index (χ0) is 30.0. The van der Waals surface area contributed by atoms with Gasteiger partial charge in [-0.2, -0.15) is 5.10 Å². The van der Waals surface area contributed by atoms with Crippen molar-refractivity contribution in [1.29, 1.82) is 0 Å². The van der Waals surface area contributed by atoms with Gasteiger partial charge in [-0.05, 0) is 18.4 Å². The highest BCUT2D eigenvalue weighted by molar-refractivity contribution is 6.09. The molecule has 11 heteroatoms. The normalized spacial score (nSPS) is 14.1. The molecule has 0 unspecified atom stereocenters. The molecule has 1 aliphatic rings. The SMILES string of the molecule is Cc1ncc(-n2nc(C(C)(C)C)cc2NC(=O)Nc2ccc(-c3cnc(CN4CCOCC4)cn3)c3ccccc23)cn1. The smallest absolute Gasteiger partial charge is 0.324 e. The third-order valence-electron chi connectivity index (χ3n) is 7.37. The Labute approximate surface area is 250 Å². The predicted molar refractivity (Wildman–Crippen MR) is 166 cm³/mol. The van der Waals surface area contributed by atoms with Gasteiger partial charge in [0.1, 0.15) is 17.3 Å². The number of carbonyl (C=O) groups is 1. The van der Waals surface area contributed by atoms with E-state index in [4.69, 9.17) is 14.8 Å². The number of rotatable bonds is 6. The topological polar surface area (TPSA) is 123 Å². The lowest BCUT2D eigenvalue weighted by atomic mass is 9.92. The van der Waals surface area contributed by atoms with Crippen LogP contribution in [0.15, 0.2) is 67.3 Å². The van der Waals surface area contributed by atoms with Crippen LogP contribution in [0.3, 0.4) is 0 Å². The first-order valence-electron chi connectivity index (χ1n) is 14.4. The molecule has 0 atom stereocenters. The Balaban J connectivity index is 1.24. The van der Waals surface area contributed by atoms with Crippen molar-refractivity contribution in [3.8, 4) is 16.9 Å². The Bertz CT molecular complexity index is 1740. The van der Waals surface area contributed by atoms with Crippen molar-refractivity contribution in [3.05, 3.63) is 84.5 Å². The molecule has 1 fully saturated rings. The molecule has 2 N–H and O–H groups in total. The first-order valence-corrected chi connectivity index (χ1v) is 14.4. The molecule has 43 heavy (non-hydrogen) atoms. The van der Waals surface area contributed by atoms with Gasteiger partial charge in [0, 0.05) is 42.1 Å². The fraction of sp³-hybridized carbons (Fsp3) is 0.312. The van der Waals surface area contributed by atoms with E-state index in [1.165, 1.54) is 0 Å². The number of hydrogen-bond acceptors (Lipinski definition) is 8. The van der Waals surface area contributed by atoms with Gasteiger partial charge in [0.2, 0.25) is 0 Å². The lowest BCUT2D eigenvalue weighted by Gasteiger charge is -2.25. The Kier molecular flexibility index (Phi) is 7.83. The summed E-state index contributed by atoms with van der Waals surface area (Å²) >= 11 is 0. The van der Waals surface area contributed by atoms with Crippen molar-refractivity contribution in [2.75, 3.05) is 36.9 Å². The third-order valence-corrected chi connectivity index (χ3v) is 7.37. The first kappa shape index (κ1) is 28.4. The fourth-order valence-electron chi connectivity index (χ4n) is 4.99. The summed E-state index contributed by atoms with van der Waals surface area (Å²) in [5.74, 6) is 1.17. The standard InChI is InChI=1S/C32H35N9O2/c1-21-33-17-23(18-34-21)41-30(15-29(39-41)32(2,3)4)38-31(42)37-27-10-9-26(24-7-5-6-8-25(24)27)28-19-35-22(16-36-28)20-40-11-13-43-14-12-40/h5-10,15-19H,11-14,20H2,1-4H3,(H2,37,38,42). The van der Waals surface area contributed by atoms with E-state index < -0.39 is 0 Å². The molecule has 220 valence electrons. The van der Waals surface area contributed by atoms with Crippen LogP contribution in [0.2, 0.25) is 0 Å². The zero-order valence-electron chi connectivity index (χ0n) is 24.8. The van der Waals surface area contributed by atoms with Crippen LogP contribution in [0, 0.1) is 6.92 Å². The summed E-state index contributed by atoms with van der Waals surface area (Å²) < 4.78 is 7.10. The second-order valence-corrected chi connectivity index (χ2v) is 11.6. The van der Waals surface area contributed by atoms with Crippen LogP contribution in [0.1, 0.15) is 38.0 Å². The second kappa shape index (κ2) is 11.9. The largest absolute Gasteiger partial charge is 0.379 e. The Morgan fingerprint density at radius 3 is 2.35 bits per heavy atom. The number of aromatic nitrogens is 6. The highest BCUT2D eigenvalue weighted by Crippen LogP contribution is 2.33. The number of urea groups is 1. The minimum atomic E-state index is -0.389. The van der Waals surface area contributed by atoms with E-state index in [1.807, 2.05) is 61.8 Å². The van der Waals surface area contributed by atoms with Gasteiger partial charge in [-0.1, -0.05) is 51.1 Å². The van der Waals surface area contributed by atoms with Gasteiger partial charge in [0.25, 0.3) is 0 Å². The van der Waals surface area contributed by atoms with E-state index >= 15 is 0 Å². The molecule has 5 aromatic rings. The van der Waals surface area contributed by atoms with Gasteiger partial charge >= 0.3 is 6.03 Å². The van der Waals surface area contributed by atoms with E-state index in [9.17, 15) is 4.79 Å². The molecule has 0 aliphatic carbocycles. The van der Waals surface area contributed by atoms with Crippen LogP contribution in [-0.4, -0.2) is 67.0 Å². The van der Waals surface area contributed by atoms with Gasteiger partial charge in [-0.25, -0.2) is 19.4 Å². The number of carbonyl (C=O) groups excluding carboxylic acids is 1. The van der Waals surface area contributed by atoms with Gasteiger partial charge in [0.15, 0.2) is 0 Å². The van der Waals surface area contributed by atoms with Crippen LogP contribution in [-0.2, 0) is 16.7 Å². The highest BCUT2D eigenvalue weighted by Gasteiger charge is 2.22. The minimum absolute atomic E-state index is 0.223. The number of nitrogens with one attached hydrogen (secondary N) is 2. The van der Waals surface area contributed by atoms with Crippen LogP contribution in [0.5, 0.6) is 0 Å². The minimum Gasteiger partial charge on any atom is -0.379 e. The maximum Gasteiger partial charge on any atom is 0.324 e. The molecular formula is C32H35N9O2. The molecule has 0 radical (unpaired) electrons. The third kappa shape index (κ3) is 6.37. The fourth-order valence-corrected chi connectivity index (χ4v) is 4.99. The van der Waals surface area contributed by atoms with Crippen LogP contribution >= 0.6 is 0 Å². The lowest BCUT2D eigenvalue weighted by Crippen LogP contribution is -2.35. The van der Waals surface area contributed by atoms with E-state index in [0.717, 1.165) is 66.3 Å². The molecule has 11 nitrogen and oxygen atoms in total. The van der Waals surface area contributed by atoms with Gasteiger partial charge in [-0.3, -0.25) is 20.2 Å². The molecule has 0 saturated carbocycles. The summed E-state index contributed by atoms with van der Waals surface area (Å²) in [6, 6.07) is 13.3. The van der Waals surface area contributed by atoms with Crippen molar-refractivity contribution in [2.45, 2.75) is 39.7 Å². The number of aryl methyl sites for hydroxylation is 1. The molecule has 1 aliphatic heterocycles. The number of amides is 2. The van der Waals surface area contributed by atoms with E-state index in [-0.39, 0.29) is 11.4 Å². The summed E-state index contributed by atoms with van der Waals surface area (Å²) in [6.45, 7) is 12.1. The van der Waals surface area contributed by atoms with Gasteiger partial charge < -0.3 is 10.1 Å². The molecule has 4 heterocycles. The van der Waals surface area contributed by atoms with Crippen molar-refractivity contribution < 1.29 is 9.53 Å². The van der Waals surface area contributed by atoms with Crippen LogP contribution in [0.4, 0.5) is 16.3 Å². The number of fused-ring (bicyclic) bond motifs is 1. The Morgan fingerprint density at radius 2 is 1.65 bits per heavy atom. The number of anilines is 2. The number of morpholine rings is 1. The first-order chi connectivity index (χ1) is 20.7. The molecule has 6 rings (SSSR count). The Morgan fingerprint density at radius 1 is 0.907 bits per heavy atom. The lowest BCUT2D eigenvalue weighted by molar-refractivity contribution is 0.0336. The molecule has 2 aromatic carbocycles. The van der Waals surface area contributed by atoms with E-state index in [2.05, 4.69) is 51.3 Å². The quantitative estimate of drug-likeness (QED) is 0.277. The monoisotopic (exact) mass is 577 g/mol.